The van der Waals surface area contributed by atoms with Crippen LogP contribution in [0.25, 0.3) is 11.6 Å². The molecule has 1 aromatic carbocycles. The summed E-state index contributed by atoms with van der Waals surface area (Å²) >= 11 is 0. The smallest absolute Gasteiger partial charge is 0.228 e. The lowest BCUT2D eigenvalue weighted by molar-refractivity contribution is 0.0280. The Balaban J connectivity index is 1.59. The normalized spacial score (nSPS) is 16.8. The molecule has 7 nitrogen and oxygen atoms in total. The first-order chi connectivity index (χ1) is 13.7. The number of benzene rings is 1. The van der Waals surface area contributed by atoms with Crippen LogP contribution in [0.15, 0.2) is 46.9 Å². The number of aromatic nitrogens is 3. The molecule has 0 aliphatic carbocycles. The fourth-order valence-electron chi connectivity index (χ4n) is 3.52. The van der Waals surface area contributed by atoms with Gasteiger partial charge in [-0.15, -0.1) is 10.2 Å². The highest BCUT2D eigenvalue weighted by molar-refractivity contribution is 5.52. The lowest BCUT2D eigenvalue weighted by Crippen LogP contribution is -2.26. The summed E-state index contributed by atoms with van der Waals surface area (Å²) in [6.07, 6.45) is 1.16. The molecule has 1 fully saturated rings. The number of ether oxygens (including phenoxy) is 2. The van der Waals surface area contributed by atoms with Gasteiger partial charge in [0.05, 0.1) is 25.9 Å². The molecule has 0 saturated carbocycles. The predicted molar refractivity (Wildman–Crippen MR) is 106 cm³/mol. The van der Waals surface area contributed by atoms with Gasteiger partial charge in [-0.2, -0.15) is 0 Å². The van der Waals surface area contributed by atoms with E-state index in [1.807, 2.05) is 37.3 Å². The summed E-state index contributed by atoms with van der Waals surface area (Å²) in [4.78, 5) is 2.24. The third-order valence-corrected chi connectivity index (χ3v) is 4.94. The standard InChI is InChI=1S/C21H26N4O3/c1-16-8-9-19(28-16)20-22-23-21(25(20)14-17-6-4-3-5-7-17)24-11-10-18(15-24)27-13-12-26-2/h3-9,18H,10-15H2,1-2H3. The number of furan rings is 1. The van der Waals surface area contributed by atoms with Crippen molar-refractivity contribution in [2.24, 2.45) is 0 Å². The average Bonchev–Trinajstić information content (AvgIpc) is 3.43. The van der Waals surface area contributed by atoms with Gasteiger partial charge in [-0.3, -0.25) is 4.57 Å². The Labute approximate surface area is 164 Å². The van der Waals surface area contributed by atoms with E-state index in [-0.39, 0.29) is 6.10 Å². The molecule has 1 saturated heterocycles. The highest BCUT2D eigenvalue weighted by atomic mass is 16.5. The number of rotatable bonds is 8. The third kappa shape index (κ3) is 4.10. The summed E-state index contributed by atoms with van der Waals surface area (Å²) in [5.74, 6) is 3.19. The van der Waals surface area contributed by atoms with Gasteiger partial charge in [-0.25, -0.2) is 0 Å². The van der Waals surface area contributed by atoms with Gasteiger partial charge in [0.1, 0.15) is 5.76 Å². The second kappa shape index (κ2) is 8.58. The average molecular weight is 382 g/mol. The van der Waals surface area contributed by atoms with Crippen molar-refractivity contribution in [2.45, 2.75) is 26.0 Å². The molecule has 1 aliphatic heterocycles. The van der Waals surface area contributed by atoms with Crippen molar-refractivity contribution in [3.63, 3.8) is 0 Å². The van der Waals surface area contributed by atoms with Gasteiger partial charge >= 0.3 is 0 Å². The SMILES string of the molecule is COCCOC1CCN(c2nnc(-c3ccc(C)o3)n2Cc2ccccc2)C1. The zero-order valence-corrected chi connectivity index (χ0v) is 16.4. The quantitative estimate of drug-likeness (QED) is 0.558. The van der Waals surface area contributed by atoms with E-state index in [4.69, 9.17) is 13.9 Å². The number of hydrogen-bond donors (Lipinski definition) is 0. The Morgan fingerprint density at radius 2 is 1.96 bits per heavy atom. The number of methoxy groups -OCH3 is 1. The molecule has 1 unspecified atom stereocenters. The summed E-state index contributed by atoms with van der Waals surface area (Å²) in [5.41, 5.74) is 1.19. The second-order valence-electron chi connectivity index (χ2n) is 7.03. The Morgan fingerprint density at radius 1 is 1.11 bits per heavy atom. The van der Waals surface area contributed by atoms with E-state index < -0.39 is 0 Å². The van der Waals surface area contributed by atoms with Crippen LogP contribution < -0.4 is 4.90 Å². The van der Waals surface area contributed by atoms with Gasteiger partial charge in [-0.05, 0) is 31.0 Å². The molecule has 3 aromatic rings. The Kier molecular flexibility index (Phi) is 5.73. The van der Waals surface area contributed by atoms with Crippen molar-refractivity contribution >= 4 is 5.95 Å². The maximum absolute atomic E-state index is 5.91. The molecule has 0 spiro atoms. The van der Waals surface area contributed by atoms with Crippen molar-refractivity contribution < 1.29 is 13.9 Å². The van der Waals surface area contributed by atoms with Gasteiger partial charge in [-0.1, -0.05) is 30.3 Å². The van der Waals surface area contributed by atoms with Crippen molar-refractivity contribution in [2.75, 3.05) is 38.3 Å². The Hall–Kier alpha value is -2.64. The predicted octanol–water partition coefficient (Wildman–Crippen LogP) is 3.14. The number of anilines is 1. The maximum atomic E-state index is 5.91. The summed E-state index contributed by atoms with van der Waals surface area (Å²) in [5, 5.41) is 8.97. The van der Waals surface area contributed by atoms with Crippen molar-refractivity contribution in [1.29, 1.82) is 0 Å². The molecule has 1 aliphatic rings. The highest BCUT2D eigenvalue weighted by Crippen LogP contribution is 2.28. The van der Waals surface area contributed by atoms with Crippen LogP contribution >= 0.6 is 0 Å². The molecule has 3 heterocycles. The summed E-state index contributed by atoms with van der Waals surface area (Å²) < 4.78 is 18.9. The van der Waals surface area contributed by atoms with Crippen LogP contribution in [0.4, 0.5) is 5.95 Å². The van der Waals surface area contributed by atoms with Gasteiger partial charge in [0.15, 0.2) is 5.76 Å². The van der Waals surface area contributed by atoms with Crippen LogP contribution in [0.3, 0.4) is 0 Å². The van der Waals surface area contributed by atoms with E-state index in [1.165, 1.54) is 5.56 Å². The van der Waals surface area contributed by atoms with Crippen LogP contribution in [0.2, 0.25) is 0 Å². The maximum Gasteiger partial charge on any atom is 0.228 e. The molecule has 4 rings (SSSR count). The van der Waals surface area contributed by atoms with Crippen LogP contribution in [-0.4, -0.2) is 54.3 Å². The van der Waals surface area contributed by atoms with Crippen LogP contribution in [0.5, 0.6) is 0 Å². The first-order valence-electron chi connectivity index (χ1n) is 9.64. The lowest BCUT2D eigenvalue weighted by Gasteiger charge is -2.19. The number of nitrogens with zero attached hydrogens (tertiary/aromatic N) is 4. The first kappa shape index (κ1) is 18.7. The lowest BCUT2D eigenvalue weighted by atomic mass is 10.2. The van der Waals surface area contributed by atoms with E-state index >= 15 is 0 Å². The van der Waals surface area contributed by atoms with Gasteiger partial charge < -0.3 is 18.8 Å². The topological polar surface area (TPSA) is 65.6 Å². The molecule has 28 heavy (non-hydrogen) atoms. The molecule has 2 aromatic heterocycles. The van der Waals surface area contributed by atoms with Crippen molar-refractivity contribution in [1.82, 2.24) is 14.8 Å². The number of aryl methyl sites for hydroxylation is 1. The largest absolute Gasteiger partial charge is 0.458 e. The summed E-state index contributed by atoms with van der Waals surface area (Å²) in [6.45, 7) is 5.54. The van der Waals surface area contributed by atoms with Crippen LogP contribution in [0, 0.1) is 6.92 Å². The van der Waals surface area contributed by atoms with E-state index in [9.17, 15) is 0 Å². The minimum absolute atomic E-state index is 0.186. The Bertz CT molecular complexity index is 890. The van der Waals surface area contributed by atoms with Crippen LogP contribution in [0.1, 0.15) is 17.7 Å². The fourth-order valence-corrected chi connectivity index (χ4v) is 3.52. The molecule has 0 bridgehead atoms. The molecule has 0 N–H and O–H groups in total. The molecule has 0 radical (unpaired) electrons. The molecular weight excluding hydrogens is 356 g/mol. The van der Waals surface area contributed by atoms with Crippen LogP contribution in [-0.2, 0) is 16.0 Å². The zero-order valence-electron chi connectivity index (χ0n) is 16.4. The first-order valence-corrected chi connectivity index (χ1v) is 9.64. The second-order valence-corrected chi connectivity index (χ2v) is 7.03. The molecule has 0 amide bonds. The van der Waals surface area contributed by atoms with Gasteiger partial charge in [0.2, 0.25) is 11.8 Å². The molecular formula is C21H26N4O3. The van der Waals surface area contributed by atoms with Gasteiger partial charge in [0.25, 0.3) is 0 Å². The number of hydrogen-bond acceptors (Lipinski definition) is 6. The summed E-state index contributed by atoms with van der Waals surface area (Å²) in [6, 6.07) is 14.2. The monoisotopic (exact) mass is 382 g/mol. The molecule has 1 atom stereocenters. The molecule has 7 heteroatoms. The third-order valence-electron chi connectivity index (χ3n) is 4.94. The minimum Gasteiger partial charge on any atom is -0.458 e. The van der Waals surface area contributed by atoms with E-state index in [0.717, 1.165) is 42.8 Å². The highest BCUT2D eigenvalue weighted by Gasteiger charge is 2.28. The van der Waals surface area contributed by atoms with Gasteiger partial charge in [0, 0.05) is 20.2 Å². The zero-order chi connectivity index (χ0) is 19.3. The molecule has 148 valence electrons. The summed E-state index contributed by atoms with van der Waals surface area (Å²) in [7, 11) is 1.69. The van der Waals surface area contributed by atoms with E-state index in [1.54, 1.807) is 7.11 Å². The van der Waals surface area contributed by atoms with Crippen molar-refractivity contribution in [3.8, 4) is 11.6 Å². The van der Waals surface area contributed by atoms with Crippen molar-refractivity contribution in [3.05, 3.63) is 53.8 Å². The Morgan fingerprint density at radius 3 is 2.71 bits per heavy atom. The van der Waals surface area contributed by atoms with E-state index in [2.05, 4.69) is 31.8 Å². The minimum atomic E-state index is 0.186. The van der Waals surface area contributed by atoms with E-state index in [0.29, 0.717) is 19.8 Å². The fraction of sp³-hybridized carbons (Fsp3) is 0.429.